The number of fused-ring (bicyclic) bond motifs is 1. The Balaban J connectivity index is 1.55. The van der Waals surface area contributed by atoms with Crippen LogP contribution in [-0.2, 0) is 0 Å². The number of thiocarbonyl (C=S) groups is 1. The Morgan fingerprint density at radius 3 is 2.90 bits per heavy atom. The summed E-state index contributed by atoms with van der Waals surface area (Å²) in [6, 6.07) is 8.67. The largest absolute Gasteiger partial charge is 0.361 e. The van der Waals surface area contributed by atoms with E-state index in [1.54, 1.807) is 6.21 Å². The van der Waals surface area contributed by atoms with Gasteiger partial charge in [0.1, 0.15) is 0 Å². The number of hydrogen-bond donors (Lipinski definition) is 3. The Morgan fingerprint density at radius 1 is 1.24 bits per heavy atom. The molecule has 1 aliphatic carbocycles. The maximum absolute atomic E-state index is 5.28. The SMILES string of the molecule is S=C(N/N=C/c1c[nH]c2ccccc12)NC1CCCCC1. The molecule has 4 nitrogen and oxygen atoms in total. The Morgan fingerprint density at radius 2 is 2.05 bits per heavy atom. The lowest BCUT2D eigenvalue weighted by Crippen LogP contribution is -2.40. The molecule has 0 atom stereocenters. The Hall–Kier alpha value is -1.88. The molecule has 0 amide bonds. The summed E-state index contributed by atoms with van der Waals surface area (Å²) in [5.41, 5.74) is 5.08. The molecule has 1 fully saturated rings. The number of hydrazone groups is 1. The molecule has 0 aliphatic heterocycles. The first-order chi connectivity index (χ1) is 10.3. The summed E-state index contributed by atoms with van der Waals surface area (Å²) in [4.78, 5) is 3.22. The number of aromatic amines is 1. The van der Waals surface area contributed by atoms with Crippen LogP contribution in [0.2, 0.25) is 0 Å². The van der Waals surface area contributed by atoms with Gasteiger partial charge in [-0.25, -0.2) is 0 Å². The van der Waals surface area contributed by atoms with Gasteiger partial charge in [0.25, 0.3) is 0 Å². The first-order valence-electron chi connectivity index (χ1n) is 7.48. The lowest BCUT2D eigenvalue weighted by atomic mass is 9.96. The van der Waals surface area contributed by atoms with Gasteiger partial charge in [0.05, 0.1) is 6.21 Å². The fourth-order valence-corrected chi connectivity index (χ4v) is 3.05. The van der Waals surface area contributed by atoms with Gasteiger partial charge in [-0.05, 0) is 31.1 Å². The molecule has 3 N–H and O–H groups in total. The molecular formula is C16H20N4S. The van der Waals surface area contributed by atoms with Crippen molar-refractivity contribution in [3.05, 3.63) is 36.0 Å². The zero-order valence-electron chi connectivity index (χ0n) is 11.9. The van der Waals surface area contributed by atoms with Crippen molar-refractivity contribution in [3.63, 3.8) is 0 Å². The number of rotatable bonds is 3. The highest BCUT2D eigenvalue weighted by atomic mass is 32.1. The van der Waals surface area contributed by atoms with Gasteiger partial charge in [0.15, 0.2) is 5.11 Å². The van der Waals surface area contributed by atoms with Gasteiger partial charge in [-0.1, -0.05) is 37.5 Å². The van der Waals surface area contributed by atoms with Crippen molar-refractivity contribution in [2.24, 2.45) is 5.10 Å². The third kappa shape index (κ3) is 3.61. The minimum absolute atomic E-state index is 0.502. The number of para-hydroxylation sites is 1. The predicted octanol–water partition coefficient (Wildman–Crippen LogP) is 3.30. The second kappa shape index (κ2) is 6.72. The van der Waals surface area contributed by atoms with Gasteiger partial charge in [0.2, 0.25) is 0 Å². The van der Waals surface area contributed by atoms with E-state index in [-0.39, 0.29) is 0 Å². The zero-order chi connectivity index (χ0) is 14.5. The van der Waals surface area contributed by atoms with Crippen LogP contribution in [0, 0.1) is 0 Å². The van der Waals surface area contributed by atoms with Crippen molar-refractivity contribution in [3.8, 4) is 0 Å². The molecule has 0 saturated heterocycles. The van der Waals surface area contributed by atoms with Crippen molar-refractivity contribution in [2.75, 3.05) is 0 Å². The quantitative estimate of drug-likeness (QED) is 0.463. The molecule has 1 aliphatic rings. The Bertz CT molecular complexity index is 641. The molecule has 0 bridgehead atoms. The average molecular weight is 300 g/mol. The molecule has 1 aromatic carbocycles. The van der Waals surface area contributed by atoms with E-state index >= 15 is 0 Å². The van der Waals surface area contributed by atoms with E-state index in [9.17, 15) is 0 Å². The van der Waals surface area contributed by atoms with Crippen LogP contribution in [0.4, 0.5) is 0 Å². The molecule has 0 unspecified atom stereocenters. The third-order valence-electron chi connectivity index (χ3n) is 3.93. The van der Waals surface area contributed by atoms with Crippen molar-refractivity contribution in [1.29, 1.82) is 0 Å². The Kier molecular flexibility index (Phi) is 4.50. The van der Waals surface area contributed by atoms with Gasteiger partial charge in [-0.3, -0.25) is 5.43 Å². The number of aromatic nitrogens is 1. The number of H-pyrrole nitrogens is 1. The van der Waals surface area contributed by atoms with E-state index in [2.05, 4.69) is 33.0 Å². The highest BCUT2D eigenvalue weighted by molar-refractivity contribution is 7.80. The fraction of sp³-hybridized carbons (Fsp3) is 0.375. The van der Waals surface area contributed by atoms with Crippen LogP contribution in [-0.4, -0.2) is 22.4 Å². The van der Waals surface area contributed by atoms with Crippen LogP contribution in [0.1, 0.15) is 37.7 Å². The van der Waals surface area contributed by atoms with E-state index in [1.165, 1.54) is 32.1 Å². The molecule has 0 radical (unpaired) electrons. The Labute approximate surface area is 130 Å². The predicted molar refractivity (Wildman–Crippen MR) is 91.6 cm³/mol. The van der Waals surface area contributed by atoms with E-state index in [0.717, 1.165) is 16.5 Å². The second-order valence-corrected chi connectivity index (χ2v) is 5.88. The molecule has 1 saturated carbocycles. The first-order valence-corrected chi connectivity index (χ1v) is 7.89. The summed E-state index contributed by atoms with van der Waals surface area (Å²) < 4.78 is 0. The average Bonchev–Trinajstić information content (AvgIpc) is 2.92. The molecule has 2 aromatic rings. The first kappa shape index (κ1) is 14.1. The monoisotopic (exact) mass is 300 g/mol. The van der Waals surface area contributed by atoms with E-state index in [1.807, 2.05) is 18.3 Å². The maximum Gasteiger partial charge on any atom is 0.187 e. The van der Waals surface area contributed by atoms with Crippen molar-refractivity contribution < 1.29 is 0 Å². The van der Waals surface area contributed by atoms with Crippen molar-refractivity contribution >= 4 is 34.4 Å². The van der Waals surface area contributed by atoms with E-state index in [0.29, 0.717) is 11.2 Å². The lowest BCUT2D eigenvalue weighted by Gasteiger charge is -2.23. The van der Waals surface area contributed by atoms with Crippen LogP contribution in [0.5, 0.6) is 0 Å². The summed E-state index contributed by atoms with van der Waals surface area (Å²) >= 11 is 5.28. The van der Waals surface area contributed by atoms with Gasteiger partial charge in [-0.2, -0.15) is 5.10 Å². The summed E-state index contributed by atoms with van der Waals surface area (Å²) in [6.07, 6.45) is 10.1. The molecule has 5 heteroatoms. The van der Waals surface area contributed by atoms with Gasteiger partial charge < -0.3 is 10.3 Å². The van der Waals surface area contributed by atoms with Crippen LogP contribution >= 0.6 is 12.2 Å². The minimum atomic E-state index is 0.502. The zero-order valence-corrected chi connectivity index (χ0v) is 12.7. The number of nitrogens with zero attached hydrogens (tertiary/aromatic N) is 1. The molecule has 1 heterocycles. The molecule has 21 heavy (non-hydrogen) atoms. The van der Waals surface area contributed by atoms with Crippen LogP contribution in [0.15, 0.2) is 35.6 Å². The van der Waals surface area contributed by atoms with E-state index in [4.69, 9.17) is 12.2 Å². The molecule has 1 aromatic heterocycles. The molecule has 110 valence electrons. The molecule has 3 rings (SSSR count). The highest BCUT2D eigenvalue weighted by Gasteiger charge is 2.13. The molecular weight excluding hydrogens is 280 g/mol. The van der Waals surface area contributed by atoms with Crippen LogP contribution < -0.4 is 10.7 Å². The lowest BCUT2D eigenvalue weighted by molar-refractivity contribution is 0.412. The van der Waals surface area contributed by atoms with Gasteiger partial charge in [-0.15, -0.1) is 0 Å². The number of hydrogen-bond acceptors (Lipinski definition) is 2. The van der Waals surface area contributed by atoms with Crippen molar-refractivity contribution in [1.82, 2.24) is 15.7 Å². The topological polar surface area (TPSA) is 52.2 Å². The smallest absolute Gasteiger partial charge is 0.187 e. The fourth-order valence-electron chi connectivity index (χ4n) is 2.83. The molecule has 0 spiro atoms. The summed E-state index contributed by atoms with van der Waals surface area (Å²) in [5, 5.41) is 9.34. The second-order valence-electron chi connectivity index (χ2n) is 5.47. The minimum Gasteiger partial charge on any atom is -0.361 e. The standard InChI is InChI=1S/C16H20N4S/c21-16(19-13-6-2-1-3-7-13)20-18-11-12-10-17-15-9-5-4-8-14(12)15/h4-5,8-11,13,17H,1-3,6-7H2,(H2,19,20,21)/b18-11+. The van der Waals surface area contributed by atoms with E-state index < -0.39 is 0 Å². The highest BCUT2D eigenvalue weighted by Crippen LogP contribution is 2.17. The van der Waals surface area contributed by atoms with Gasteiger partial charge >= 0.3 is 0 Å². The van der Waals surface area contributed by atoms with Gasteiger partial charge in [0, 0.05) is 28.7 Å². The van der Waals surface area contributed by atoms with Crippen LogP contribution in [0.3, 0.4) is 0 Å². The third-order valence-corrected chi connectivity index (χ3v) is 4.14. The summed E-state index contributed by atoms with van der Waals surface area (Å²) in [6.45, 7) is 0. The summed E-state index contributed by atoms with van der Waals surface area (Å²) in [5.74, 6) is 0. The van der Waals surface area contributed by atoms with Crippen molar-refractivity contribution in [2.45, 2.75) is 38.1 Å². The van der Waals surface area contributed by atoms with Crippen LogP contribution in [0.25, 0.3) is 10.9 Å². The summed E-state index contributed by atoms with van der Waals surface area (Å²) in [7, 11) is 0. The normalized spacial score (nSPS) is 16.4. The maximum atomic E-state index is 5.28. The number of benzene rings is 1. The number of nitrogens with one attached hydrogen (secondary N) is 3.